The van der Waals surface area contributed by atoms with Crippen molar-refractivity contribution in [2.24, 2.45) is 0 Å². The van der Waals surface area contributed by atoms with Gasteiger partial charge in [0, 0.05) is 32.8 Å². The Balaban J connectivity index is 1.45. The van der Waals surface area contributed by atoms with E-state index in [1.165, 1.54) is 6.07 Å². The number of hydrogen-bond donors (Lipinski definition) is 0. The van der Waals surface area contributed by atoms with Gasteiger partial charge < -0.3 is 0 Å². The molecule has 0 fully saturated rings. The molecule has 0 N–H and O–H groups in total. The third-order valence-electron chi connectivity index (χ3n) is 9.17. The second kappa shape index (κ2) is 13.0. The van der Waals surface area contributed by atoms with Crippen LogP contribution in [-0.4, -0.2) is 15.0 Å². The van der Waals surface area contributed by atoms with Crippen molar-refractivity contribution in [3.05, 3.63) is 149 Å². The number of hydrogen-bond acceptors (Lipinski definition) is 7. The van der Waals surface area contributed by atoms with Crippen LogP contribution in [0.1, 0.15) is 27.8 Å². The van der Waals surface area contributed by atoms with Gasteiger partial charge in [-0.2, -0.15) is 34.2 Å². The molecule has 0 aliphatic heterocycles. The predicted molar refractivity (Wildman–Crippen MR) is 198 cm³/mol. The maximum absolute atomic E-state index is 15.3. The Morgan fingerprint density at radius 3 is 1.46 bits per heavy atom. The van der Waals surface area contributed by atoms with Crippen LogP contribution >= 0.6 is 0 Å². The molecule has 6 aromatic carbocycles. The van der Waals surface area contributed by atoms with Crippen molar-refractivity contribution in [1.82, 2.24) is 15.0 Å². The van der Waals surface area contributed by atoms with Crippen LogP contribution in [0.5, 0.6) is 0 Å². The SMILES string of the molecule is N#Cc1ccc(-c2nc3cc(C(F)(F)F)c4c(-c5ccc(-c6cc(C#N)cc(C#N)c6)cc5)nc5ccccc5c4c3nc2-c2ccc(C#N)cc2)cc1. The molecule has 252 valence electrons. The van der Waals surface area contributed by atoms with Crippen LogP contribution in [0.4, 0.5) is 13.2 Å². The van der Waals surface area contributed by atoms with E-state index in [2.05, 4.69) is 24.3 Å². The van der Waals surface area contributed by atoms with Crippen molar-refractivity contribution in [1.29, 1.82) is 21.0 Å². The Labute approximate surface area is 305 Å². The molecule has 0 aliphatic carbocycles. The highest BCUT2D eigenvalue weighted by molar-refractivity contribution is 6.22. The van der Waals surface area contributed by atoms with Crippen molar-refractivity contribution < 1.29 is 13.2 Å². The van der Waals surface area contributed by atoms with E-state index in [9.17, 15) is 21.0 Å². The number of halogens is 3. The van der Waals surface area contributed by atoms with Gasteiger partial charge in [0.25, 0.3) is 0 Å². The Bertz CT molecular complexity index is 2970. The van der Waals surface area contributed by atoms with Crippen molar-refractivity contribution in [2.75, 3.05) is 0 Å². The second-order valence-electron chi connectivity index (χ2n) is 12.4. The van der Waals surface area contributed by atoms with Gasteiger partial charge in [0.05, 0.1) is 85.7 Å². The molecular formula is C44H20F3N7. The summed E-state index contributed by atoms with van der Waals surface area (Å²) in [5, 5.41) is 38.3. The molecular weight excluding hydrogens is 684 g/mol. The first-order valence-electron chi connectivity index (χ1n) is 16.4. The number of aromatic nitrogens is 3. The van der Waals surface area contributed by atoms with Crippen molar-refractivity contribution in [2.45, 2.75) is 6.18 Å². The summed E-state index contributed by atoms with van der Waals surface area (Å²) in [7, 11) is 0. The van der Waals surface area contributed by atoms with Gasteiger partial charge in [-0.3, -0.25) is 0 Å². The van der Waals surface area contributed by atoms with Gasteiger partial charge in [-0.1, -0.05) is 66.7 Å². The number of alkyl halides is 3. The first-order chi connectivity index (χ1) is 26.2. The van der Waals surface area contributed by atoms with E-state index >= 15 is 13.2 Å². The average Bonchev–Trinajstić information content (AvgIpc) is 3.22. The molecule has 10 heteroatoms. The summed E-state index contributed by atoms with van der Waals surface area (Å²) in [6, 6.07) is 41.0. The molecule has 0 saturated carbocycles. The molecule has 0 bridgehead atoms. The fourth-order valence-corrected chi connectivity index (χ4v) is 6.65. The standard InChI is InChI=1S/C44H20F3N7/c45-44(46,47)35-20-37-43(54-42(32-11-7-26(22-49)8-12-32)41(53-37)31-9-5-25(21-48)6-10-31)38-34-3-1-2-4-36(34)52-40(39(35)38)30-15-13-29(14-16-30)33-18-27(23-50)17-28(19-33)24-51/h1-20H. The van der Waals surface area contributed by atoms with Crippen LogP contribution in [0.3, 0.4) is 0 Å². The smallest absolute Gasteiger partial charge is 0.247 e. The zero-order chi connectivity index (χ0) is 37.6. The first-order valence-corrected chi connectivity index (χ1v) is 16.4. The number of pyridine rings is 1. The highest BCUT2D eigenvalue weighted by Gasteiger charge is 2.36. The monoisotopic (exact) mass is 703 g/mol. The number of benzene rings is 6. The Kier molecular flexibility index (Phi) is 8.00. The first kappa shape index (κ1) is 33.2. The van der Waals surface area contributed by atoms with E-state index in [-0.39, 0.29) is 27.5 Å². The molecule has 2 heterocycles. The maximum Gasteiger partial charge on any atom is 0.417 e. The van der Waals surface area contributed by atoms with Crippen LogP contribution < -0.4 is 0 Å². The van der Waals surface area contributed by atoms with Gasteiger partial charge in [0.2, 0.25) is 0 Å². The third kappa shape index (κ3) is 5.77. The zero-order valence-electron chi connectivity index (χ0n) is 27.8. The van der Waals surface area contributed by atoms with E-state index in [1.807, 2.05) is 0 Å². The molecule has 0 saturated heterocycles. The highest BCUT2D eigenvalue weighted by Crippen LogP contribution is 2.45. The summed E-state index contributed by atoms with van der Waals surface area (Å²) in [4.78, 5) is 14.7. The lowest BCUT2D eigenvalue weighted by Gasteiger charge is -2.19. The largest absolute Gasteiger partial charge is 0.417 e. The van der Waals surface area contributed by atoms with Gasteiger partial charge in [0.15, 0.2) is 0 Å². The van der Waals surface area contributed by atoms with Crippen LogP contribution in [0, 0.1) is 45.3 Å². The second-order valence-corrected chi connectivity index (χ2v) is 12.4. The summed E-state index contributed by atoms with van der Waals surface area (Å²) in [5.74, 6) is 0. The van der Waals surface area contributed by atoms with Gasteiger partial charge in [-0.25, -0.2) is 15.0 Å². The lowest BCUT2D eigenvalue weighted by atomic mass is 9.92. The van der Waals surface area contributed by atoms with Crippen molar-refractivity contribution >= 4 is 32.7 Å². The summed E-state index contributed by atoms with van der Waals surface area (Å²) >= 11 is 0. The molecule has 0 spiro atoms. The number of rotatable bonds is 4. The van der Waals surface area contributed by atoms with E-state index in [0.717, 1.165) is 6.07 Å². The Hall–Kier alpha value is -7.92. The normalized spacial score (nSPS) is 11.2. The number of fused-ring (bicyclic) bond motifs is 5. The van der Waals surface area contributed by atoms with E-state index in [1.54, 1.807) is 109 Å². The fraction of sp³-hybridized carbons (Fsp3) is 0.0227. The summed E-state index contributed by atoms with van der Waals surface area (Å²) in [5.41, 5.74) is 4.76. The zero-order valence-corrected chi connectivity index (χ0v) is 27.8. The maximum atomic E-state index is 15.3. The van der Waals surface area contributed by atoms with Crippen LogP contribution in [0.2, 0.25) is 0 Å². The molecule has 0 atom stereocenters. The minimum Gasteiger partial charge on any atom is -0.247 e. The van der Waals surface area contributed by atoms with Crippen molar-refractivity contribution in [3.8, 4) is 69.2 Å². The van der Waals surface area contributed by atoms with Gasteiger partial charge in [0.1, 0.15) is 0 Å². The molecule has 0 unspecified atom stereocenters. The molecule has 7 nitrogen and oxygen atoms in total. The average molecular weight is 704 g/mol. The van der Waals surface area contributed by atoms with Crippen LogP contribution in [-0.2, 0) is 6.18 Å². The molecule has 0 radical (unpaired) electrons. The summed E-state index contributed by atoms with van der Waals surface area (Å²) in [6.45, 7) is 0. The van der Waals surface area contributed by atoms with E-state index in [0.29, 0.717) is 72.4 Å². The van der Waals surface area contributed by atoms with Crippen LogP contribution in [0.15, 0.2) is 121 Å². The van der Waals surface area contributed by atoms with E-state index < -0.39 is 11.7 Å². The Morgan fingerprint density at radius 2 is 0.907 bits per heavy atom. The molecule has 2 aromatic heterocycles. The summed E-state index contributed by atoms with van der Waals surface area (Å²) < 4.78 is 45.9. The lowest BCUT2D eigenvalue weighted by Crippen LogP contribution is -2.09. The molecule has 8 aromatic rings. The molecule has 0 aliphatic rings. The topological polar surface area (TPSA) is 134 Å². The van der Waals surface area contributed by atoms with Gasteiger partial charge in [-0.05, 0) is 65.7 Å². The highest BCUT2D eigenvalue weighted by atomic mass is 19.4. The fourth-order valence-electron chi connectivity index (χ4n) is 6.65. The van der Waals surface area contributed by atoms with Gasteiger partial charge >= 0.3 is 6.18 Å². The number of para-hydroxylation sites is 1. The minimum absolute atomic E-state index is 0.00917. The number of nitriles is 4. The van der Waals surface area contributed by atoms with E-state index in [4.69, 9.17) is 15.0 Å². The van der Waals surface area contributed by atoms with Gasteiger partial charge in [-0.15, -0.1) is 0 Å². The third-order valence-corrected chi connectivity index (χ3v) is 9.17. The molecule has 54 heavy (non-hydrogen) atoms. The molecule has 0 amide bonds. The lowest BCUT2D eigenvalue weighted by molar-refractivity contribution is -0.136. The molecule has 8 rings (SSSR count). The number of nitrogens with zero attached hydrogens (tertiary/aromatic N) is 7. The quantitative estimate of drug-likeness (QED) is 0.167. The summed E-state index contributed by atoms with van der Waals surface area (Å²) in [6.07, 6.45) is -4.82. The Morgan fingerprint density at radius 1 is 0.426 bits per heavy atom. The van der Waals surface area contributed by atoms with Crippen molar-refractivity contribution in [3.63, 3.8) is 0 Å². The predicted octanol–water partition coefficient (Wildman–Crippen LogP) is 10.5. The van der Waals surface area contributed by atoms with Crippen LogP contribution in [0.25, 0.3) is 77.6 Å². The minimum atomic E-state index is -4.82.